The molecule has 2 aromatic heterocycles. The predicted octanol–water partition coefficient (Wildman–Crippen LogP) is 6.23. The van der Waals surface area contributed by atoms with Crippen LogP contribution in [0.4, 0.5) is 23.2 Å². The zero-order valence-electron chi connectivity index (χ0n) is 17.8. The third kappa shape index (κ3) is 4.61. The Morgan fingerprint density at radius 2 is 1.88 bits per heavy atom. The van der Waals surface area contributed by atoms with E-state index in [1.54, 1.807) is 0 Å². The van der Waals surface area contributed by atoms with E-state index in [2.05, 4.69) is 29.2 Å². The van der Waals surface area contributed by atoms with Gasteiger partial charge in [-0.1, -0.05) is 19.9 Å². The van der Waals surface area contributed by atoms with Gasteiger partial charge in [-0.25, -0.2) is 9.37 Å². The SMILES string of the molecule is CC(C)C1CCC(n2cc3cc(NC(=O)c4cccc(C(F)(F)F)n4)c(F)cc3n2)CC1. The average Bonchev–Trinajstić information content (AvgIpc) is 3.16. The van der Waals surface area contributed by atoms with Crippen molar-refractivity contribution in [2.24, 2.45) is 11.8 Å². The Morgan fingerprint density at radius 1 is 1.16 bits per heavy atom. The van der Waals surface area contributed by atoms with E-state index in [0.29, 0.717) is 22.7 Å². The summed E-state index contributed by atoms with van der Waals surface area (Å²) in [5.74, 6) is -0.278. The van der Waals surface area contributed by atoms with E-state index >= 15 is 0 Å². The standard InChI is InChI=1S/C23H24F4N4O/c1-13(2)14-6-8-16(9-7-14)31-12-15-10-20(17(24)11-19(15)30-31)29-22(32)18-4-3-5-21(28-18)23(25,26)27/h3-5,10-14,16H,6-9H2,1-2H3,(H,29,32). The number of benzene rings is 1. The molecule has 0 aliphatic heterocycles. The number of hydrogen-bond acceptors (Lipinski definition) is 3. The van der Waals surface area contributed by atoms with Gasteiger partial charge < -0.3 is 5.32 Å². The molecule has 170 valence electrons. The highest BCUT2D eigenvalue weighted by molar-refractivity contribution is 6.03. The molecule has 5 nitrogen and oxygen atoms in total. The van der Waals surface area contributed by atoms with Crippen molar-refractivity contribution in [1.82, 2.24) is 14.8 Å². The van der Waals surface area contributed by atoms with Crippen LogP contribution >= 0.6 is 0 Å². The molecule has 1 fully saturated rings. The highest BCUT2D eigenvalue weighted by Gasteiger charge is 2.33. The summed E-state index contributed by atoms with van der Waals surface area (Å²) in [4.78, 5) is 15.7. The number of rotatable bonds is 4. The summed E-state index contributed by atoms with van der Waals surface area (Å²) in [6.45, 7) is 4.47. The maximum Gasteiger partial charge on any atom is 0.433 e. The maximum absolute atomic E-state index is 14.6. The number of pyridine rings is 1. The monoisotopic (exact) mass is 448 g/mol. The van der Waals surface area contributed by atoms with Gasteiger partial charge in [0.15, 0.2) is 0 Å². The summed E-state index contributed by atoms with van der Waals surface area (Å²) in [5.41, 5.74) is -1.31. The molecule has 2 heterocycles. The molecule has 1 aromatic carbocycles. The maximum atomic E-state index is 14.6. The van der Waals surface area contributed by atoms with E-state index in [1.807, 2.05) is 10.9 Å². The van der Waals surface area contributed by atoms with Gasteiger partial charge >= 0.3 is 6.18 Å². The van der Waals surface area contributed by atoms with E-state index in [0.717, 1.165) is 43.9 Å². The molecule has 0 bridgehead atoms. The summed E-state index contributed by atoms with van der Waals surface area (Å²) >= 11 is 0. The molecule has 0 saturated heterocycles. The lowest BCUT2D eigenvalue weighted by Gasteiger charge is -2.30. The highest BCUT2D eigenvalue weighted by Crippen LogP contribution is 2.36. The van der Waals surface area contributed by atoms with Crippen molar-refractivity contribution in [3.05, 3.63) is 53.7 Å². The van der Waals surface area contributed by atoms with Crippen LogP contribution in [-0.2, 0) is 6.18 Å². The molecule has 0 radical (unpaired) electrons. The topological polar surface area (TPSA) is 59.8 Å². The van der Waals surface area contributed by atoms with E-state index in [-0.39, 0.29) is 11.7 Å². The van der Waals surface area contributed by atoms with E-state index in [1.165, 1.54) is 12.1 Å². The quantitative estimate of drug-likeness (QED) is 0.482. The fourth-order valence-electron chi connectivity index (χ4n) is 4.29. The Balaban J connectivity index is 1.53. The van der Waals surface area contributed by atoms with Crippen LogP contribution in [0.15, 0.2) is 36.5 Å². The van der Waals surface area contributed by atoms with Crippen LogP contribution in [0.5, 0.6) is 0 Å². The van der Waals surface area contributed by atoms with E-state index < -0.39 is 29.3 Å². The number of nitrogens with zero attached hydrogens (tertiary/aromatic N) is 3. The molecule has 1 aliphatic rings. The van der Waals surface area contributed by atoms with Crippen LogP contribution in [0.2, 0.25) is 0 Å². The number of amides is 1. The molecule has 0 spiro atoms. The first-order chi connectivity index (χ1) is 15.1. The smallest absolute Gasteiger partial charge is 0.318 e. The van der Waals surface area contributed by atoms with Crippen molar-refractivity contribution < 1.29 is 22.4 Å². The lowest BCUT2D eigenvalue weighted by Crippen LogP contribution is -2.21. The number of fused-ring (bicyclic) bond motifs is 1. The predicted molar refractivity (Wildman–Crippen MR) is 113 cm³/mol. The molecule has 3 aromatic rings. The van der Waals surface area contributed by atoms with Gasteiger partial charge in [-0.15, -0.1) is 0 Å². The van der Waals surface area contributed by atoms with Crippen molar-refractivity contribution in [2.75, 3.05) is 5.32 Å². The fraction of sp³-hybridized carbons (Fsp3) is 0.435. The highest BCUT2D eigenvalue weighted by atomic mass is 19.4. The summed E-state index contributed by atoms with van der Waals surface area (Å²) < 4.78 is 55.0. The van der Waals surface area contributed by atoms with Crippen LogP contribution in [0.25, 0.3) is 10.9 Å². The minimum absolute atomic E-state index is 0.134. The van der Waals surface area contributed by atoms with Gasteiger partial charge in [0.2, 0.25) is 0 Å². The van der Waals surface area contributed by atoms with Crippen molar-refractivity contribution in [3.8, 4) is 0 Å². The van der Waals surface area contributed by atoms with Gasteiger partial charge in [0.1, 0.15) is 17.2 Å². The molecule has 4 rings (SSSR count). The van der Waals surface area contributed by atoms with Gasteiger partial charge in [-0.2, -0.15) is 18.3 Å². The second-order valence-corrected chi connectivity index (χ2v) is 8.67. The molecule has 0 atom stereocenters. The largest absolute Gasteiger partial charge is 0.433 e. The molecule has 9 heteroatoms. The number of carbonyl (C=O) groups is 1. The Labute approximate surface area is 182 Å². The van der Waals surface area contributed by atoms with Crippen LogP contribution in [-0.4, -0.2) is 20.7 Å². The second kappa shape index (κ2) is 8.52. The minimum Gasteiger partial charge on any atom is -0.318 e. The first-order valence-corrected chi connectivity index (χ1v) is 10.7. The van der Waals surface area contributed by atoms with Crippen LogP contribution in [0.3, 0.4) is 0 Å². The van der Waals surface area contributed by atoms with Gasteiger partial charge in [0.05, 0.1) is 17.2 Å². The lowest BCUT2D eigenvalue weighted by molar-refractivity contribution is -0.141. The summed E-state index contributed by atoms with van der Waals surface area (Å²) in [5, 5.41) is 7.48. The van der Waals surface area contributed by atoms with Gasteiger partial charge in [0, 0.05) is 17.6 Å². The van der Waals surface area contributed by atoms with Gasteiger partial charge in [-0.05, 0) is 55.7 Å². The first-order valence-electron chi connectivity index (χ1n) is 10.7. The van der Waals surface area contributed by atoms with E-state index in [4.69, 9.17) is 0 Å². The zero-order valence-corrected chi connectivity index (χ0v) is 17.8. The second-order valence-electron chi connectivity index (χ2n) is 8.67. The van der Waals surface area contributed by atoms with Gasteiger partial charge in [-0.3, -0.25) is 9.48 Å². The Bertz CT molecular complexity index is 1130. The van der Waals surface area contributed by atoms with Crippen molar-refractivity contribution >= 4 is 22.5 Å². The third-order valence-electron chi connectivity index (χ3n) is 6.19. The van der Waals surface area contributed by atoms with Crippen LogP contribution in [0, 0.1) is 17.7 Å². The van der Waals surface area contributed by atoms with Crippen LogP contribution in [0.1, 0.15) is 61.8 Å². The number of aromatic nitrogens is 3. The number of carbonyl (C=O) groups excluding carboxylic acids is 1. The molecular formula is C23H24F4N4O. The molecular weight excluding hydrogens is 424 g/mol. The van der Waals surface area contributed by atoms with Crippen molar-refractivity contribution in [2.45, 2.75) is 51.7 Å². The summed E-state index contributed by atoms with van der Waals surface area (Å²) in [6.07, 6.45) is 1.40. The Morgan fingerprint density at radius 3 is 2.53 bits per heavy atom. The molecule has 1 saturated carbocycles. The van der Waals surface area contributed by atoms with E-state index in [9.17, 15) is 22.4 Å². The fourth-order valence-corrected chi connectivity index (χ4v) is 4.29. The number of halogens is 4. The lowest BCUT2D eigenvalue weighted by atomic mass is 9.80. The number of nitrogens with one attached hydrogen (secondary N) is 1. The third-order valence-corrected chi connectivity index (χ3v) is 6.19. The first kappa shape index (κ1) is 22.2. The zero-order chi connectivity index (χ0) is 23.0. The number of hydrogen-bond donors (Lipinski definition) is 1. The van der Waals surface area contributed by atoms with Gasteiger partial charge in [0.25, 0.3) is 5.91 Å². The molecule has 1 amide bonds. The molecule has 1 N–H and O–H groups in total. The average molecular weight is 448 g/mol. The summed E-state index contributed by atoms with van der Waals surface area (Å²) in [7, 11) is 0. The molecule has 1 aliphatic carbocycles. The Hall–Kier alpha value is -2.97. The number of anilines is 1. The van der Waals surface area contributed by atoms with Crippen molar-refractivity contribution in [3.63, 3.8) is 0 Å². The normalized spacial score (nSPS) is 19.5. The van der Waals surface area contributed by atoms with Crippen LogP contribution < -0.4 is 5.32 Å². The summed E-state index contributed by atoms with van der Waals surface area (Å²) in [6, 6.07) is 5.91. The van der Waals surface area contributed by atoms with Crippen molar-refractivity contribution in [1.29, 1.82) is 0 Å². The minimum atomic E-state index is -4.68. The Kier molecular flexibility index (Phi) is 5.92. The number of alkyl halides is 3. The molecule has 32 heavy (non-hydrogen) atoms. The molecule has 0 unspecified atom stereocenters.